The molecule has 0 radical (unpaired) electrons. The van der Waals surface area contributed by atoms with Crippen molar-refractivity contribution < 1.29 is 19.0 Å². The number of aliphatic hydroxyl groups excluding tert-OH is 1. The van der Waals surface area contributed by atoms with Gasteiger partial charge in [0.15, 0.2) is 6.29 Å². The molecular weight excluding hydrogens is 351 g/mol. The molecule has 3 nitrogen and oxygen atoms in total. The van der Waals surface area contributed by atoms with Crippen LogP contribution in [0.1, 0.15) is 36.0 Å². The van der Waals surface area contributed by atoms with Crippen LogP contribution < -0.4 is 0 Å². The average molecular weight is 369 g/mol. The normalized spacial score (nSPS) is 13.9. The first-order valence-corrected chi connectivity index (χ1v) is 7.74. The Kier molecular flexibility index (Phi) is 6.08. The van der Waals surface area contributed by atoms with Crippen LogP contribution in [0.4, 0.5) is 4.39 Å². The molecule has 2 aromatic rings. The van der Waals surface area contributed by atoms with E-state index in [1.807, 2.05) is 13.0 Å². The van der Waals surface area contributed by atoms with Gasteiger partial charge in [-0.1, -0.05) is 46.3 Å². The van der Waals surface area contributed by atoms with Crippen molar-refractivity contribution in [2.24, 2.45) is 0 Å². The van der Waals surface area contributed by atoms with Crippen LogP contribution in [0.3, 0.4) is 0 Å². The number of ether oxygens (including phenoxy) is 2. The van der Waals surface area contributed by atoms with Crippen LogP contribution >= 0.6 is 15.9 Å². The van der Waals surface area contributed by atoms with E-state index in [-0.39, 0.29) is 5.56 Å². The summed E-state index contributed by atoms with van der Waals surface area (Å²) in [5.41, 5.74) is 1.45. The van der Waals surface area contributed by atoms with E-state index >= 15 is 0 Å². The van der Waals surface area contributed by atoms with Gasteiger partial charge in [0.1, 0.15) is 11.9 Å². The molecule has 0 amide bonds. The summed E-state index contributed by atoms with van der Waals surface area (Å²) in [6.07, 6.45) is -1.70. The van der Waals surface area contributed by atoms with Crippen LogP contribution in [-0.4, -0.2) is 18.8 Å². The lowest BCUT2D eigenvalue weighted by atomic mass is 9.96. The van der Waals surface area contributed by atoms with Crippen LogP contribution in [0.25, 0.3) is 0 Å². The third-order valence-corrected chi connectivity index (χ3v) is 3.83. The van der Waals surface area contributed by atoms with E-state index in [0.29, 0.717) is 22.2 Å². The Hall–Kier alpha value is -1.27. The fourth-order valence-corrected chi connectivity index (χ4v) is 2.63. The molecule has 2 unspecified atom stereocenters. The Labute approximate surface area is 137 Å². The van der Waals surface area contributed by atoms with Crippen LogP contribution in [0.15, 0.2) is 46.9 Å². The highest BCUT2D eigenvalue weighted by atomic mass is 79.9. The predicted molar refractivity (Wildman–Crippen MR) is 86.0 cm³/mol. The fourth-order valence-electron chi connectivity index (χ4n) is 2.30. The number of halogens is 2. The SMILES string of the molecule is CCOC(OC)c1ccccc1C(O)c1ccc(Br)cc1F. The molecule has 0 saturated carbocycles. The molecule has 1 N–H and O–H groups in total. The second-order valence-electron chi connectivity index (χ2n) is 4.72. The molecule has 0 bridgehead atoms. The predicted octanol–water partition coefficient (Wildman–Crippen LogP) is 4.35. The molecule has 2 atom stereocenters. The van der Waals surface area contributed by atoms with Crippen molar-refractivity contribution in [3.8, 4) is 0 Å². The number of benzene rings is 2. The second kappa shape index (κ2) is 7.83. The van der Waals surface area contributed by atoms with Crippen LogP contribution in [0, 0.1) is 5.82 Å². The zero-order chi connectivity index (χ0) is 16.1. The average Bonchev–Trinajstić information content (AvgIpc) is 2.52. The Morgan fingerprint density at radius 3 is 2.41 bits per heavy atom. The van der Waals surface area contributed by atoms with Gasteiger partial charge in [-0.15, -0.1) is 0 Å². The third-order valence-electron chi connectivity index (χ3n) is 3.33. The summed E-state index contributed by atoms with van der Waals surface area (Å²) in [5.74, 6) is -0.470. The maximum absolute atomic E-state index is 14.1. The van der Waals surface area contributed by atoms with E-state index in [1.165, 1.54) is 13.2 Å². The van der Waals surface area contributed by atoms with Crippen molar-refractivity contribution in [2.45, 2.75) is 19.3 Å². The second-order valence-corrected chi connectivity index (χ2v) is 5.64. The molecule has 0 heterocycles. The van der Waals surface area contributed by atoms with E-state index in [2.05, 4.69) is 15.9 Å². The number of methoxy groups -OCH3 is 1. The van der Waals surface area contributed by atoms with Gasteiger partial charge >= 0.3 is 0 Å². The molecule has 2 rings (SSSR count). The summed E-state index contributed by atoms with van der Waals surface area (Å²) in [5, 5.41) is 10.6. The lowest BCUT2D eigenvalue weighted by Crippen LogP contribution is -2.12. The molecule has 5 heteroatoms. The van der Waals surface area contributed by atoms with Crippen LogP contribution in [0.5, 0.6) is 0 Å². The summed E-state index contributed by atoms with van der Waals surface area (Å²) >= 11 is 3.21. The molecule has 0 aliphatic rings. The van der Waals surface area contributed by atoms with E-state index in [1.54, 1.807) is 30.3 Å². The number of hydrogen-bond donors (Lipinski definition) is 1. The molecule has 0 saturated heterocycles. The quantitative estimate of drug-likeness (QED) is 0.770. The molecule has 0 aliphatic heterocycles. The minimum atomic E-state index is -1.09. The maximum atomic E-state index is 14.1. The first-order chi connectivity index (χ1) is 10.6. The molecule has 0 fully saturated rings. The van der Waals surface area contributed by atoms with E-state index in [9.17, 15) is 9.50 Å². The fraction of sp³-hybridized carbons (Fsp3) is 0.294. The minimum Gasteiger partial charge on any atom is -0.384 e. The highest BCUT2D eigenvalue weighted by Gasteiger charge is 2.22. The van der Waals surface area contributed by atoms with Gasteiger partial charge in [-0.05, 0) is 24.6 Å². The Morgan fingerprint density at radius 1 is 1.14 bits per heavy atom. The Morgan fingerprint density at radius 2 is 1.82 bits per heavy atom. The zero-order valence-corrected chi connectivity index (χ0v) is 14.0. The van der Waals surface area contributed by atoms with Crippen molar-refractivity contribution in [1.82, 2.24) is 0 Å². The minimum absolute atomic E-state index is 0.210. The highest BCUT2D eigenvalue weighted by Crippen LogP contribution is 2.32. The topological polar surface area (TPSA) is 38.7 Å². The lowest BCUT2D eigenvalue weighted by Gasteiger charge is -2.22. The monoisotopic (exact) mass is 368 g/mol. The summed E-state index contributed by atoms with van der Waals surface area (Å²) in [6.45, 7) is 2.33. The van der Waals surface area contributed by atoms with E-state index < -0.39 is 18.2 Å². The van der Waals surface area contributed by atoms with Gasteiger partial charge in [0.25, 0.3) is 0 Å². The highest BCUT2D eigenvalue weighted by molar-refractivity contribution is 9.10. The van der Waals surface area contributed by atoms with E-state index in [0.717, 1.165) is 0 Å². The first-order valence-electron chi connectivity index (χ1n) is 6.94. The maximum Gasteiger partial charge on any atom is 0.183 e. The molecule has 0 spiro atoms. The Balaban J connectivity index is 2.43. The number of hydrogen-bond acceptors (Lipinski definition) is 3. The van der Waals surface area contributed by atoms with Crippen molar-refractivity contribution in [3.63, 3.8) is 0 Å². The third kappa shape index (κ3) is 3.73. The van der Waals surface area contributed by atoms with Crippen LogP contribution in [0.2, 0.25) is 0 Å². The van der Waals surface area contributed by atoms with Crippen molar-refractivity contribution in [3.05, 3.63) is 69.4 Å². The standard InChI is InChI=1S/C17H18BrFO3/c1-3-22-17(21-2)13-7-5-4-6-12(13)16(20)14-9-8-11(18)10-15(14)19/h4-10,16-17,20H,3H2,1-2H3. The van der Waals surface area contributed by atoms with Crippen LogP contribution in [-0.2, 0) is 9.47 Å². The van der Waals surface area contributed by atoms with Gasteiger partial charge in [-0.2, -0.15) is 0 Å². The molecule has 22 heavy (non-hydrogen) atoms. The molecule has 0 aliphatic carbocycles. The van der Waals surface area contributed by atoms with Gasteiger partial charge in [0.05, 0.1) is 0 Å². The largest absolute Gasteiger partial charge is 0.384 e. The number of aliphatic hydroxyl groups is 1. The molecular formula is C17H18BrFO3. The number of rotatable bonds is 6. The van der Waals surface area contributed by atoms with Gasteiger partial charge in [0, 0.05) is 29.3 Å². The summed E-state index contributed by atoms with van der Waals surface area (Å²) < 4.78 is 25.6. The molecule has 0 aromatic heterocycles. The zero-order valence-electron chi connectivity index (χ0n) is 12.4. The smallest absolute Gasteiger partial charge is 0.183 e. The summed E-state index contributed by atoms with van der Waals surface area (Å²) in [6, 6.07) is 11.7. The molecule has 2 aromatic carbocycles. The summed E-state index contributed by atoms with van der Waals surface area (Å²) in [7, 11) is 1.53. The van der Waals surface area contributed by atoms with Gasteiger partial charge < -0.3 is 14.6 Å². The molecule has 118 valence electrons. The van der Waals surface area contributed by atoms with Crippen molar-refractivity contribution in [2.75, 3.05) is 13.7 Å². The summed E-state index contributed by atoms with van der Waals surface area (Å²) in [4.78, 5) is 0. The van der Waals surface area contributed by atoms with E-state index in [4.69, 9.17) is 9.47 Å². The van der Waals surface area contributed by atoms with Crippen molar-refractivity contribution >= 4 is 15.9 Å². The lowest BCUT2D eigenvalue weighted by molar-refractivity contribution is -0.125. The Bertz CT molecular complexity index is 633. The van der Waals surface area contributed by atoms with Crippen molar-refractivity contribution in [1.29, 1.82) is 0 Å². The first kappa shape index (κ1) is 17.1. The van der Waals surface area contributed by atoms with Gasteiger partial charge in [-0.25, -0.2) is 4.39 Å². The van der Waals surface area contributed by atoms with Gasteiger partial charge in [0.2, 0.25) is 0 Å². The van der Waals surface area contributed by atoms with Gasteiger partial charge in [-0.3, -0.25) is 0 Å².